The van der Waals surface area contributed by atoms with Crippen molar-refractivity contribution in [3.63, 3.8) is 0 Å². The smallest absolute Gasteiger partial charge is 0.322 e. The Kier molecular flexibility index (Phi) is 4.86. The molecule has 8 nitrogen and oxygen atoms in total. The van der Waals surface area contributed by atoms with Gasteiger partial charge in [0, 0.05) is 4.91 Å². The lowest BCUT2D eigenvalue weighted by molar-refractivity contribution is -0.138. The maximum absolute atomic E-state index is 12.3. The Hall–Kier alpha value is -2.78. The van der Waals surface area contributed by atoms with Gasteiger partial charge in [0.2, 0.25) is 0 Å². The van der Waals surface area contributed by atoms with Crippen LogP contribution in [0.15, 0.2) is 52.1 Å². The number of hydrogen-bond donors (Lipinski definition) is 4. The Labute approximate surface area is 165 Å². The van der Waals surface area contributed by atoms with Crippen LogP contribution in [0.4, 0.5) is 0 Å². The zero-order valence-corrected chi connectivity index (χ0v) is 15.7. The van der Waals surface area contributed by atoms with Crippen LogP contribution in [0.1, 0.15) is 30.7 Å². The normalized spacial score (nSPS) is 24.5. The van der Waals surface area contributed by atoms with Crippen LogP contribution in [-0.4, -0.2) is 45.0 Å². The molecule has 0 radical (unpaired) electrons. The average molecular weight is 401 g/mol. The molecule has 4 N–H and O–H groups in total. The van der Waals surface area contributed by atoms with Gasteiger partial charge in [0.1, 0.15) is 23.9 Å². The summed E-state index contributed by atoms with van der Waals surface area (Å²) < 4.78 is 1.57. The molecule has 28 heavy (non-hydrogen) atoms. The van der Waals surface area contributed by atoms with Gasteiger partial charge >= 0.3 is 5.97 Å². The number of nitrogens with one attached hydrogen (secondary N) is 2. The zero-order valence-electron chi connectivity index (χ0n) is 14.8. The van der Waals surface area contributed by atoms with E-state index in [2.05, 4.69) is 22.9 Å². The Balaban J connectivity index is 1.59. The minimum absolute atomic E-state index is 0.331. The predicted octanol–water partition coefficient (Wildman–Crippen LogP) is 1.60. The Bertz CT molecular complexity index is 911. The third-order valence-electron chi connectivity index (χ3n) is 5.18. The fourth-order valence-corrected chi connectivity index (χ4v) is 5.18. The third-order valence-corrected chi connectivity index (χ3v) is 6.33. The Morgan fingerprint density at radius 3 is 2.75 bits per heavy atom. The number of rotatable bonds is 4. The van der Waals surface area contributed by atoms with Crippen LogP contribution in [0.5, 0.6) is 0 Å². The van der Waals surface area contributed by atoms with Crippen molar-refractivity contribution in [3.8, 4) is 0 Å². The van der Waals surface area contributed by atoms with Crippen molar-refractivity contribution < 1.29 is 24.6 Å². The van der Waals surface area contributed by atoms with Crippen LogP contribution >= 0.6 is 11.9 Å². The van der Waals surface area contributed by atoms with Crippen molar-refractivity contribution in [1.82, 2.24) is 15.2 Å². The minimum Gasteiger partial charge on any atom is -0.509 e. The summed E-state index contributed by atoms with van der Waals surface area (Å²) in [6, 6.07) is 9.62. The van der Waals surface area contributed by atoms with Gasteiger partial charge in [-0.05, 0) is 48.3 Å². The van der Waals surface area contributed by atoms with Gasteiger partial charge in [-0.1, -0.05) is 30.3 Å². The summed E-state index contributed by atoms with van der Waals surface area (Å²) in [4.78, 5) is 36.3. The van der Waals surface area contributed by atoms with Gasteiger partial charge in [-0.25, -0.2) is 0 Å². The van der Waals surface area contributed by atoms with E-state index in [9.17, 15) is 19.5 Å². The molecule has 1 aliphatic carbocycles. The summed E-state index contributed by atoms with van der Waals surface area (Å²) in [6.45, 7) is -0.626. The molecule has 0 fully saturated rings. The molecular formula is C19H19N3O5S. The summed E-state index contributed by atoms with van der Waals surface area (Å²) in [7, 11) is 0. The molecule has 146 valence electrons. The van der Waals surface area contributed by atoms with E-state index in [4.69, 9.17) is 5.11 Å². The van der Waals surface area contributed by atoms with E-state index in [-0.39, 0.29) is 5.76 Å². The maximum atomic E-state index is 12.3. The molecule has 0 spiro atoms. The number of aliphatic carboxylic acids is 1. The van der Waals surface area contributed by atoms with Gasteiger partial charge in [0.05, 0.1) is 0 Å². The number of aliphatic hydroxyl groups is 1. The number of carboxylic acids is 1. The monoisotopic (exact) mass is 401 g/mol. The zero-order chi connectivity index (χ0) is 19.8. The highest BCUT2D eigenvalue weighted by atomic mass is 32.2. The average Bonchev–Trinajstić information content (AvgIpc) is 3.04. The molecule has 0 bridgehead atoms. The van der Waals surface area contributed by atoms with Crippen molar-refractivity contribution in [2.24, 2.45) is 0 Å². The first-order valence-electron chi connectivity index (χ1n) is 8.94. The number of benzene rings is 1. The lowest BCUT2D eigenvalue weighted by Crippen LogP contribution is -2.52. The lowest BCUT2D eigenvalue weighted by Gasteiger charge is -2.31. The highest BCUT2D eigenvalue weighted by Crippen LogP contribution is 2.51. The molecule has 3 aliphatic rings. The number of carboxylic acid groups (broad SMARTS) is 1. The Morgan fingerprint density at radius 2 is 2.04 bits per heavy atom. The molecule has 2 unspecified atom stereocenters. The molecule has 9 heteroatoms. The van der Waals surface area contributed by atoms with E-state index in [1.54, 1.807) is 4.41 Å². The second-order valence-electron chi connectivity index (χ2n) is 6.90. The number of carbonyl (C=O) groups excluding carboxylic acids is 2. The fraction of sp³-hybridized carbons (Fsp3) is 0.316. The third kappa shape index (κ3) is 3.27. The quantitative estimate of drug-likeness (QED) is 0.447. The molecule has 2 amide bonds. The van der Waals surface area contributed by atoms with Gasteiger partial charge in [-0.15, -0.1) is 4.41 Å². The molecule has 2 aliphatic heterocycles. The van der Waals surface area contributed by atoms with Gasteiger partial charge in [-0.3, -0.25) is 19.8 Å². The SMILES string of the molecule is O=C(O)CNC(=O)C1=C(O)C2C3=C(CC(c4ccccc4)CC3)SN2NC1=O. The van der Waals surface area contributed by atoms with Crippen LogP contribution < -0.4 is 10.7 Å². The summed E-state index contributed by atoms with van der Waals surface area (Å²) >= 11 is 1.38. The highest BCUT2D eigenvalue weighted by molar-refractivity contribution is 8.01. The second kappa shape index (κ2) is 7.33. The van der Waals surface area contributed by atoms with Crippen molar-refractivity contribution in [1.29, 1.82) is 0 Å². The maximum Gasteiger partial charge on any atom is 0.322 e. The van der Waals surface area contributed by atoms with Crippen LogP contribution in [0.2, 0.25) is 0 Å². The van der Waals surface area contributed by atoms with Crippen molar-refractivity contribution in [3.05, 3.63) is 57.7 Å². The minimum atomic E-state index is -1.23. The topological polar surface area (TPSA) is 119 Å². The summed E-state index contributed by atoms with van der Waals surface area (Å²) in [5.74, 6) is -2.83. The van der Waals surface area contributed by atoms with Gasteiger partial charge in [0.15, 0.2) is 0 Å². The van der Waals surface area contributed by atoms with Gasteiger partial charge in [-0.2, -0.15) is 0 Å². The van der Waals surface area contributed by atoms with Crippen LogP contribution in [0.3, 0.4) is 0 Å². The fourth-order valence-electron chi connectivity index (χ4n) is 3.87. The summed E-state index contributed by atoms with van der Waals surface area (Å²) in [5.41, 5.74) is 4.46. The van der Waals surface area contributed by atoms with Gasteiger partial charge in [0.25, 0.3) is 11.8 Å². The number of nitrogens with zero attached hydrogens (tertiary/aromatic N) is 1. The standard InChI is InChI=1S/C19H19N3O5S/c23-14(24)9-20-18(26)15-17(25)16-12-7-6-11(10-4-2-1-3-5-10)8-13(12)28-22(16)21-19(15)27/h1-5,11,16,25H,6-9H2,(H,20,26)(H,21,27)(H,23,24). The number of carbonyl (C=O) groups is 3. The van der Waals surface area contributed by atoms with Crippen molar-refractivity contribution >= 4 is 29.7 Å². The molecule has 0 saturated heterocycles. The number of amides is 2. The molecule has 0 aromatic heterocycles. The van der Waals surface area contributed by atoms with E-state index in [0.717, 1.165) is 29.7 Å². The van der Waals surface area contributed by atoms with E-state index < -0.39 is 35.9 Å². The second-order valence-corrected chi connectivity index (χ2v) is 7.96. The first-order valence-corrected chi connectivity index (χ1v) is 9.71. The van der Waals surface area contributed by atoms with Crippen LogP contribution in [0, 0.1) is 0 Å². The molecule has 2 atom stereocenters. The first-order chi connectivity index (χ1) is 13.5. The van der Waals surface area contributed by atoms with E-state index >= 15 is 0 Å². The van der Waals surface area contributed by atoms with E-state index in [0.29, 0.717) is 5.92 Å². The first kappa shape index (κ1) is 18.6. The molecule has 1 aromatic carbocycles. The predicted molar refractivity (Wildman–Crippen MR) is 102 cm³/mol. The number of aliphatic hydroxyl groups excluding tert-OH is 1. The summed E-state index contributed by atoms with van der Waals surface area (Å²) in [6.07, 6.45) is 2.46. The molecular weight excluding hydrogens is 382 g/mol. The van der Waals surface area contributed by atoms with Crippen LogP contribution in [-0.2, 0) is 14.4 Å². The van der Waals surface area contributed by atoms with Crippen molar-refractivity contribution in [2.75, 3.05) is 6.54 Å². The molecule has 4 rings (SSSR count). The molecule has 2 heterocycles. The number of hydrogen-bond acceptors (Lipinski definition) is 6. The van der Waals surface area contributed by atoms with E-state index in [1.807, 2.05) is 18.2 Å². The lowest BCUT2D eigenvalue weighted by atomic mass is 9.81. The van der Waals surface area contributed by atoms with Crippen molar-refractivity contribution in [2.45, 2.75) is 31.2 Å². The van der Waals surface area contributed by atoms with Gasteiger partial charge < -0.3 is 15.5 Å². The summed E-state index contributed by atoms with van der Waals surface area (Å²) in [5, 5.41) is 21.5. The highest BCUT2D eigenvalue weighted by Gasteiger charge is 2.46. The number of fused-ring (bicyclic) bond motifs is 2. The number of allylic oxidation sites excluding steroid dienone is 1. The Morgan fingerprint density at radius 1 is 1.29 bits per heavy atom. The number of hydrazine groups is 1. The molecule has 1 aromatic rings. The van der Waals surface area contributed by atoms with E-state index in [1.165, 1.54) is 17.5 Å². The molecule has 0 saturated carbocycles. The largest absolute Gasteiger partial charge is 0.509 e. The van der Waals surface area contributed by atoms with Crippen LogP contribution in [0.25, 0.3) is 0 Å².